The Labute approximate surface area is 201 Å². The number of amides is 1. The number of aryl methyl sites for hydroxylation is 1. The van der Waals surface area contributed by atoms with Gasteiger partial charge in [0.15, 0.2) is 0 Å². The van der Waals surface area contributed by atoms with Gasteiger partial charge in [0.1, 0.15) is 22.2 Å². The van der Waals surface area contributed by atoms with Crippen LogP contribution in [0.2, 0.25) is 0 Å². The third kappa shape index (κ3) is 4.44. The van der Waals surface area contributed by atoms with E-state index in [0.29, 0.717) is 39.8 Å². The van der Waals surface area contributed by atoms with Crippen LogP contribution in [0.15, 0.2) is 72.0 Å². The van der Waals surface area contributed by atoms with Crippen molar-refractivity contribution in [2.45, 2.75) is 32.2 Å². The lowest BCUT2D eigenvalue weighted by Crippen LogP contribution is -2.36. The summed E-state index contributed by atoms with van der Waals surface area (Å²) in [5.41, 5.74) is 3.27. The van der Waals surface area contributed by atoms with Crippen molar-refractivity contribution >= 4 is 21.6 Å². The number of aromatic nitrogens is 3. The molecule has 0 radical (unpaired) electrons. The summed E-state index contributed by atoms with van der Waals surface area (Å²) >= 11 is 0. The van der Waals surface area contributed by atoms with E-state index in [9.17, 15) is 22.0 Å². The summed E-state index contributed by atoms with van der Waals surface area (Å²) in [5, 5.41) is 4.66. The van der Waals surface area contributed by atoms with Crippen LogP contribution in [0.3, 0.4) is 0 Å². The maximum atomic E-state index is 14.4. The fourth-order valence-corrected chi connectivity index (χ4v) is 5.43. The molecule has 0 bridgehead atoms. The largest absolute Gasteiger partial charge is 0.274 e. The Kier molecular flexibility index (Phi) is 6.49. The van der Waals surface area contributed by atoms with Crippen LogP contribution in [0, 0.1) is 18.6 Å². The molecule has 2 aromatic carbocycles. The molecule has 7 nitrogen and oxygen atoms in total. The summed E-state index contributed by atoms with van der Waals surface area (Å²) in [6.45, 7) is 5.24. The van der Waals surface area contributed by atoms with Gasteiger partial charge >= 0.3 is 0 Å². The molecular weight excluding hydrogens is 474 g/mol. The minimum Gasteiger partial charge on any atom is -0.274 e. The number of pyridine rings is 1. The third-order valence-electron chi connectivity index (χ3n) is 5.55. The molecule has 10 heteroatoms. The van der Waals surface area contributed by atoms with Gasteiger partial charge in [-0.15, -0.1) is 0 Å². The lowest BCUT2D eigenvalue weighted by atomic mass is 9.98. The summed E-state index contributed by atoms with van der Waals surface area (Å²) in [6, 6.07) is 10.5. The molecule has 180 valence electrons. The minimum atomic E-state index is -4.75. The molecule has 0 N–H and O–H groups in total. The summed E-state index contributed by atoms with van der Waals surface area (Å²) in [7, 11) is -4.75. The normalized spacial score (nSPS) is 11.5. The average molecular weight is 497 g/mol. The SMILES string of the molecule is CCn1cc(-c2ccncc2)c(-c2cccc(N(C(C)=O)S(=O)(=O)c3cc(F)ccc3F)c2C)n1. The standard InChI is InChI=1S/C25H22F2N4O3S/c1-4-30-15-21(18-10-12-28-13-11-18)25(29-30)20-6-5-7-23(16(20)2)31(17(3)32)35(33,34)24-14-19(26)8-9-22(24)27/h5-15H,4H2,1-3H3. The number of sulfonamides is 1. The smallest absolute Gasteiger partial charge is 0.273 e. The maximum Gasteiger partial charge on any atom is 0.273 e. The predicted molar refractivity (Wildman–Crippen MR) is 128 cm³/mol. The fraction of sp³-hybridized carbons (Fsp3) is 0.160. The Morgan fingerprint density at radius 3 is 2.43 bits per heavy atom. The Hall–Kier alpha value is -3.92. The van der Waals surface area contributed by atoms with Gasteiger partial charge in [0, 0.05) is 43.2 Å². The summed E-state index contributed by atoms with van der Waals surface area (Å²) in [4.78, 5) is 15.7. The Balaban J connectivity index is 1.92. The summed E-state index contributed by atoms with van der Waals surface area (Å²) in [6.07, 6.45) is 5.19. The van der Waals surface area contributed by atoms with Crippen LogP contribution in [-0.4, -0.2) is 29.1 Å². The molecule has 35 heavy (non-hydrogen) atoms. The van der Waals surface area contributed by atoms with Crippen molar-refractivity contribution in [1.29, 1.82) is 0 Å². The molecule has 4 aromatic rings. The van der Waals surface area contributed by atoms with Gasteiger partial charge in [-0.2, -0.15) is 5.10 Å². The van der Waals surface area contributed by atoms with E-state index in [4.69, 9.17) is 0 Å². The molecule has 2 heterocycles. The van der Waals surface area contributed by atoms with Crippen LogP contribution in [-0.2, 0) is 21.4 Å². The van der Waals surface area contributed by atoms with E-state index in [1.54, 1.807) is 36.1 Å². The molecule has 1 amide bonds. The number of carbonyl (C=O) groups excluding carboxylic acids is 1. The quantitative estimate of drug-likeness (QED) is 0.377. The Bertz CT molecular complexity index is 1520. The number of halogens is 2. The zero-order valence-corrected chi connectivity index (χ0v) is 20.1. The minimum absolute atomic E-state index is 0.0189. The van der Waals surface area contributed by atoms with Crippen LogP contribution in [0.4, 0.5) is 14.5 Å². The van der Waals surface area contributed by atoms with Crippen molar-refractivity contribution < 1.29 is 22.0 Å². The van der Waals surface area contributed by atoms with Gasteiger partial charge < -0.3 is 0 Å². The van der Waals surface area contributed by atoms with Crippen LogP contribution in [0.25, 0.3) is 22.4 Å². The number of hydrogen-bond acceptors (Lipinski definition) is 5. The molecule has 0 aliphatic heterocycles. The average Bonchev–Trinajstić information content (AvgIpc) is 3.26. The van der Waals surface area contributed by atoms with Gasteiger partial charge in [-0.05, 0) is 61.4 Å². The first-order chi connectivity index (χ1) is 16.6. The number of nitrogens with zero attached hydrogens (tertiary/aromatic N) is 4. The zero-order valence-electron chi connectivity index (χ0n) is 19.2. The molecular formula is C25H22F2N4O3S. The first kappa shape index (κ1) is 24.2. The lowest BCUT2D eigenvalue weighted by Gasteiger charge is -2.24. The van der Waals surface area contributed by atoms with Crippen molar-refractivity contribution in [2.75, 3.05) is 4.31 Å². The van der Waals surface area contributed by atoms with E-state index in [1.807, 2.05) is 25.3 Å². The first-order valence-corrected chi connectivity index (χ1v) is 12.2. The molecule has 0 aliphatic carbocycles. The highest BCUT2D eigenvalue weighted by atomic mass is 32.2. The number of benzene rings is 2. The maximum absolute atomic E-state index is 14.4. The summed E-state index contributed by atoms with van der Waals surface area (Å²) in [5.74, 6) is -2.97. The molecule has 0 saturated heterocycles. The second-order valence-electron chi connectivity index (χ2n) is 7.80. The van der Waals surface area contributed by atoms with Gasteiger partial charge in [-0.1, -0.05) is 12.1 Å². The van der Waals surface area contributed by atoms with E-state index in [1.165, 1.54) is 6.07 Å². The van der Waals surface area contributed by atoms with E-state index in [2.05, 4.69) is 10.1 Å². The predicted octanol–water partition coefficient (Wildman–Crippen LogP) is 4.96. The van der Waals surface area contributed by atoms with Crippen LogP contribution >= 0.6 is 0 Å². The fourth-order valence-electron chi connectivity index (χ4n) is 3.87. The number of rotatable bonds is 6. The van der Waals surface area contributed by atoms with Crippen molar-refractivity contribution in [3.05, 3.63) is 84.3 Å². The summed E-state index contributed by atoms with van der Waals surface area (Å²) < 4.78 is 57.2. The van der Waals surface area contributed by atoms with Gasteiger partial charge in [0.2, 0.25) is 5.91 Å². The van der Waals surface area contributed by atoms with Crippen LogP contribution in [0.1, 0.15) is 19.4 Å². The second kappa shape index (κ2) is 9.38. The molecule has 4 rings (SSSR count). The second-order valence-corrected chi connectivity index (χ2v) is 9.55. The topological polar surface area (TPSA) is 85.2 Å². The molecule has 0 fully saturated rings. The van der Waals surface area contributed by atoms with Gasteiger partial charge in [-0.3, -0.25) is 14.5 Å². The zero-order chi connectivity index (χ0) is 25.3. The van der Waals surface area contributed by atoms with E-state index < -0.39 is 32.5 Å². The number of carbonyl (C=O) groups is 1. The molecule has 0 aliphatic rings. The Morgan fingerprint density at radius 1 is 1.06 bits per heavy atom. The van der Waals surface area contributed by atoms with Crippen molar-refractivity contribution in [3.63, 3.8) is 0 Å². The van der Waals surface area contributed by atoms with E-state index in [0.717, 1.165) is 24.1 Å². The van der Waals surface area contributed by atoms with E-state index >= 15 is 0 Å². The van der Waals surface area contributed by atoms with Crippen LogP contribution < -0.4 is 4.31 Å². The highest BCUT2D eigenvalue weighted by molar-refractivity contribution is 7.93. The molecule has 0 unspecified atom stereocenters. The highest BCUT2D eigenvalue weighted by Gasteiger charge is 2.33. The lowest BCUT2D eigenvalue weighted by molar-refractivity contribution is -0.115. The van der Waals surface area contributed by atoms with Crippen molar-refractivity contribution in [2.24, 2.45) is 0 Å². The monoisotopic (exact) mass is 496 g/mol. The Morgan fingerprint density at radius 2 is 1.77 bits per heavy atom. The van der Waals surface area contributed by atoms with Crippen molar-refractivity contribution in [3.8, 4) is 22.4 Å². The van der Waals surface area contributed by atoms with Gasteiger partial charge in [0.25, 0.3) is 10.0 Å². The van der Waals surface area contributed by atoms with Crippen molar-refractivity contribution in [1.82, 2.24) is 14.8 Å². The third-order valence-corrected chi connectivity index (χ3v) is 7.36. The van der Waals surface area contributed by atoms with Crippen LogP contribution in [0.5, 0.6) is 0 Å². The highest BCUT2D eigenvalue weighted by Crippen LogP contribution is 2.38. The molecule has 2 aromatic heterocycles. The molecule has 0 atom stereocenters. The van der Waals surface area contributed by atoms with Gasteiger partial charge in [-0.25, -0.2) is 21.5 Å². The molecule has 0 spiro atoms. The van der Waals surface area contributed by atoms with E-state index in [-0.39, 0.29) is 5.69 Å². The number of anilines is 1. The number of hydrogen-bond donors (Lipinski definition) is 0. The first-order valence-electron chi connectivity index (χ1n) is 10.7. The molecule has 0 saturated carbocycles. The van der Waals surface area contributed by atoms with Gasteiger partial charge in [0.05, 0.1) is 5.69 Å².